The van der Waals surface area contributed by atoms with Gasteiger partial charge < -0.3 is 11.1 Å². The molecule has 5 nitrogen and oxygen atoms in total. The summed E-state index contributed by atoms with van der Waals surface area (Å²) in [6.45, 7) is 0.542. The molecule has 0 bridgehead atoms. The zero-order valence-corrected chi connectivity index (χ0v) is 14.4. The van der Waals surface area contributed by atoms with E-state index in [0.29, 0.717) is 18.5 Å². The monoisotopic (exact) mass is 405 g/mol. The van der Waals surface area contributed by atoms with Crippen molar-refractivity contribution in [2.24, 2.45) is 10.7 Å². The number of rotatable bonds is 3. The van der Waals surface area contributed by atoms with Crippen LogP contribution in [0.15, 0.2) is 22.8 Å². The van der Waals surface area contributed by atoms with Gasteiger partial charge in [0, 0.05) is 23.8 Å². The Labute approximate surface area is 139 Å². The van der Waals surface area contributed by atoms with E-state index in [1.165, 1.54) is 32.1 Å². The van der Waals surface area contributed by atoms with E-state index in [2.05, 4.69) is 15.3 Å². The lowest BCUT2D eigenvalue weighted by atomic mass is 9.96. The van der Waals surface area contributed by atoms with Crippen LogP contribution in [0.3, 0.4) is 0 Å². The summed E-state index contributed by atoms with van der Waals surface area (Å²) in [7, 11) is 0. The zero-order valence-electron chi connectivity index (χ0n) is 11.3. The van der Waals surface area contributed by atoms with Gasteiger partial charge in [-0.2, -0.15) is 0 Å². The molecule has 0 aromatic carbocycles. The van der Waals surface area contributed by atoms with Crippen LogP contribution in [-0.4, -0.2) is 21.4 Å². The molecule has 20 heavy (non-hydrogen) atoms. The molecule has 1 aliphatic rings. The summed E-state index contributed by atoms with van der Waals surface area (Å²) in [5, 5.41) is 5.33. The van der Waals surface area contributed by atoms with Gasteiger partial charge in [-0.1, -0.05) is 19.3 Å². The number of fused-ring (bicyclic) bond motifs is 1. The zero-order chi connectivity index (χ0) is 13.1. The number of hydrogen-bond acceptors (Lipinski definition) is 3. The molecule has 0 spiro atoms. The van der Waals surface area contributed by atoms with Crippen LogP contribution in [0.1, 0.15) is 37.8 Å². The van der Waals surface area contributed by atoms with Crippen molar-refractivity contribution in [1.82, 2.24) is 14.7 Å². The third-order valence-corrected chi connectivity index (χ3v) is 4.28. The van der Waals surface area contributed by atoms with Crippen LogP contribution in [0.4, 0.5) is 0 Å². The summed E-state index contributed by atoms with van der Waals surface area (Å²) >= 11 is 1.63. The number of hydrogen-bond donors (Lipinski definition) is 2. The fourth-order valence-electron chi connectivity index (χ4n) is 2.52. The van der Waals surface area contributed by atoms with Crippen molar-refractivity contribution >= 4 is 46.2 Å². The van der Waals surface area contributed by atoms with Crippen molar-refractivity contribution in [3.63, 3.8) is 0 Å². The van der Waals surface area contributed by atoms with Crippen molar-refractivity contribution in [2.75, 3.05) is 0 Å². The van der Waals surface area contributed by atoms with Gasteiger partial charge in [0.25, 0.3) is 0 Å². The quantitative estimate of drug-likeness (QED) is 0.469. The molecule has 2 heterocycles. The molecular formula is C13H20IN5S. The van der Waals surface area contributed by atoms with Crippen LogP contribution in [0, 0.1) is 0 Å². The molecule has 3 N–H and O–H groups in total. The van der Waals surface area contributed by atoms with Gasteiger partial charge in [0.15, 0.2) is 10.9 Å². The predicted molar refractivity (Wildman–Crippen MR) is 93.8 cm³/mol. The standard InChI is InChI=1S/C13H19N5S.HI/c14-12(16-10-4-2-1-3-5-10)15-8-11-9-18-6-7-19-13(18)17-11;/h6-7,9-10H,1-5,8H2,(H3,14,15,16);1H. The average Bonchev–Trinajstić information content (AvgIpc) is 2.98. The molecule has 7 heteroatoms. The second-order valence-electron chi connectivity index (χ2n) is 5.01. The molecule has 1 fully saturated rings. The maximum Gasteiger partial charge on any atom is 0.193 e. The van der Waals surface area contributed by atoms with Gasteiger partial charge in [-0.3, -0.25) is 4.40 Å². The number of aromatic nitrogens is 2. The Hall–Kier alpha value is -0.830. The van der Waals surface area contributed by atoms with E-state index in [9.17, 15) is 0 Å². The van der Waals surface area contributed by atoms with E-state index in [-0.39, 0.29) is 24.0 Å². The first-order valence-electron chi connectivity index (χ1n) is 6.79. The normalized spacial score (nSPS) is 17.1. The largest absolute Gasteiger partial charge is 0.370 e. The first kappa shape index (κ1) is 15.6. The number of halogens is 1. The van der Waals surface area contributed by atoms with E-state index in [0.717, 1.165) is 10.7 Å². The van der Waals surface area contributed by atoms with Crippen LogP contribution < -0.4 is 11.1 Å². The number of aliphatic imine (C=N–C) groups is 1. The Morgan fingerprint density at radius 1 is 1.45 bits per heavy atom. The number of nitrogens with one attached hydrogen (secondary N) is 1. The summed E-state index contributed by atoms with van der Waals surface area (Å²) in [4.78, 5) is 9.86. The predicted octanol–water partition coefficient (Wildman–Crippen LogP) is 2.75. The Kier molecular flexibility index (Phi) is 5.64. The number of thiazole rings is 1. The minimum absolute atomic E-state index is 0. The second-order valence-corrected chi connectivity index (χ2v) is 5.88. The highest BCUT2D eigenvalue weighted by Crippen LogP contribution is 2.17. The second kappa shape index (κ2) is 7.26. The topological polar surface area (TPSA) is 67.7 Å². The molecule has 0 atom stereocenters. The number of imidazole rings is 1. The lowest BCUT2D eigenvalue weighted by Crippen LogP contribution is -2.41. The lowest BCUT2D eigenvalue weighted by molar-refractivity contribution is 0.412. The maximum atomic E-state index is 5.93. The van der Waals surface area contributed by atoms with Crippen LogP contribution in [-0.2, 0) is 6.54 Å². The lowest BCUT2D eigenvalue weighted by Gasteiger charge is -2.23. The highest BCUT2D eigenvalue weighted by atomic mass is 127. The van der Waals surface area contributed by atoms with Gasteiger partial charge in [-0.15, -0.1) is 35.3 Å². The van der Waals surface area contributed by atoms with Crippen molar-refractivity contribution in [3.8, 4) is 0 Å². The summed E-state index contributed by atoms with van der Waals surface area (Å²) in [5.74, 6) is 0.545. The van der Waals surface area contributed by atoms with E-state index in [4.69, 9.17) is 5.73 Å². The SMILES string of the molecule is I.NC(=NCc1cn2ccsc2n1)NC1CCCCC1. The van der Waals surface area contributed by atoms with Gasteiger partial charge in [0.2, 0.25) is 0 Å². The molecular weight excluding hydrogens is 385 g/mol. The Bertz CT molecular complexity index is 542. The Morgan fingerprint density at radius 3 is 3.00 bits per heavy atom. The molecule has 0 radical (unpaired) electrons. The molecule has 0 aliphatic heterocycles. The van der Waals surface area contributed by atoms with Gasteiger partial charge >= 0.3 is 0 Å². The van der Waals surface area contributed by atoms with E-state index >= 15 is 0 Å². The molecule has 1 aliphatic carbocycles. The molecule has 0 unspecified atom stereocenters. The van der Waals surface area contributed by atoms with Crippen LogP contribution >= 0.6 is 35.3 Å². The molecule has 110 valence electrons. The van der Waals surface area contributed by atoms with Crippen LogP contribution in [0.5, 0.6) is 0 Å². The summed E-state index contributed by atoms with van der Waals surface area (Å²) in [6, 6.07) is 0.503. The number of nitrogens with two attached hydrogens (primary N) is 1. The van der Waals surface area contributed by atoms with Gasteiger partial charge in [0.1, 0.15) is 0 Å². The number of nitrogens with zero attached hydrogens (tertiary/aromatic N) is 3. The van der Waals surface area contributed by atoms with Gasteiger partial charge in [-0.05, 0) is 12.8 Å². The third kappa shape index (κ3) is 3.85. The Balaban J connectivity index is 0.00000147. The van der Waals surface area contributed by atoms with Gasteiger partial charge in [0.05, 0.1) is 12.2 Å². The van der Waals surface area contributed by atoms with E-state index in [1.54, 1.807) is 11.3 Å². The molecule has 3 rings (SSSR count). The molecule has 0 amide bonds. The third-order valence-electron chi connectivity index (χ3n) is 3.51. The molecule has 2 aromatic rings. The highest BCUT2D eigenvalue weighted by Gasteiger charge is 2.13. The van der Waals surface area contributed by atoms with E-state index < -0.39 is 0 Å². The molecule has 0 saturated heterocycles. The van der Waals surface area contributed by atoms with E-state index in [1.807, 2.05) is 22.2 Å². The van der Waals surface area contributed by atoms with Crippen molar-refractivity contribution in [1.29, 1.82) is 0 Å². The number of guanidine groups is 1. The first-order chi connectivity index (χ1) is 9.31. The summed E-state index contributed by atoms with van der Waals surface area (Å²) in [6.07, 6.45) is 10.4. The fraction of sp³-hybridized carbons (Fsp3) is 0.538. The minimum Gasteiger partial charge on any atom is -0.370 e. The molecule has 1 saturated carbocycles. The van der Waals surface area contributed by atoms with Crippen molar-refractivity contribution in [3.05, 3.63) is 23.5 Å². The maximum absolute atomic E-state index is 5.93. The average molecular weight is 405 g/mol. The van der Waals surface area contributed by atoms with Crippen molar-refractivity contribution in [2.45, 2.75) is 44.7 Å². The summed E-state index contributed by atoms with van der Waals surface area (Å²) in [5.41, 5.74) is 6.89. The van der Waals surface area contributed by atoms with Crippen LogP contribution in [0.25, 0.3) is 4.96 Å². The van der Waals surface area contributed by atoms with Gasteiger partial charge in [-0.25, -0.2) is 9.98 Å². The first-order valence-corrected chi connectivity index (χ1v) is 7.67. The fourth-order valence-corrected chi connectivity index (χ4v) is 3.24. The van der Waals surface area contributed by atoms with Crippen molar-refractivity contribution < 1.29 is 0 Å². The Morgan fingerprint density at radius 2 is 2.25 bits per heavy atom. The van der Waals surface area contributed by atoms with Crippen LogP contribution in [0.2, 0.25) is 0 Å². The summed E-state index contributed by atoms with van der Waals surface area (Å²) < 4.78 is 2.01. The smallest absolute Gasteiger partial charge is 0.193 e. The highest BCUT2D eigenvalue weighted by molar-refractivity contribution is 14.0. The minimum atomic E-state index is 0. The molecule has 2 aromatic heterocycles.